The molecule has 8 heteroatoms. The summed E-state index contributed by atoms with van der Waals surface area (Å²) in [4.78, 5) is 22.6. The van der Waals surface area contributed by atoms with Gasteiger partial charge in [0, 0.05) is 12.6 Å². The highest BCUT2D eigenvalue weighted by atomic mass is 16.6. The fourth-order valence-corrected chi connectivity index (χ4v) is 1.96. The monoisotopic (exact) mass is 299 g/mol. The van der Waals surface area contributed by atoms with Gasteiger partial charge in [-0.3, -0.25) is 14.9 Å². The Morgan fingerprint density at radius 1 is 1.43 bits per heavy atom. The van der Waals surface area contributed by atoms with Gasteiger partial charge in [-0.2, -0.15) is 0 Å². The van der Waals surface area contributed by atoms with Gasteiger partial charge < -0.3 is 20.1 Å². The number of carbonyl (C=O) groups is 1. The summed E-state index contributed by atoms with van der Waals surface area (Å²) in [5.41, 5.74) is -1.15. The molecule has 1 rings (SSSR count). The van der Waals surface area contributed by atoms with Crippen LogP contribution in [0.4, 0.5) is 5.69 Å². The van der Waals surface area contributed by atoms with Crippen LogP contribution in [-0.2, 0) is 6.54 Å². The van der Waals surface area contributed by atoms with Crippen LogP contribution in [0.1, 0.15) is 37.2 Å². The number of rotatable bonds is 8. The first kappa shape index (κ1) is 17.1. The Hall–Kier alpha value is -1.93. The van der Waals surface area contributed by atoms with E-state index in [1.54, 1.807) is 6.92 Å². The third-order valence-corrected chi connectivity index (χ3v) is 3.45. The van der Waals surface area contributed by atoms with Crippen LogP contribution in [0.5, 0.6) is 0 Å². The molecule has 3 N–H and O–H groups in total. The van der Waals surface area contributed by atoms with E-state index in [1.807, 2.05) is 6.92 Å². The molecule has 0 saturated heterocycles. The second kappa shape index (κ2) is 7.19. The SMILES string of the molecule is CCCn1cc([N+](=O)[O-])cc1C(=O)NC(CC)(CO)CO. The Morgan fingerprint density at radius 3 is 2.48 bits per heavy atom. The fourth-order valence-electron chi connectivity index (χ4n) is 1.96. The van der Waals surface area contributed by atoms with Crippen LogP contribution in [-0.4, -0.2) is 44.4 Å². The average molecular weight is 299 g/mol. The Balaban J connectivity index is 3.08. The number of nitro groups is 1. The summed E-state index contributed by atoms with van der Waals surface area (Å²) in [6.45, 7) is 3.25. The smallest absolute Gasteiger partial charge is 0.287 e. The maximum absolute atomic E-state index is 12.3. The molecule has 0 radical (unpaired) electrons. The van der Waals surface area contributed by atoms with Crippen molar-refractivity contribution in [3.8, 4) is 0 Å². The van der Waals surface area contributed by atoms with E-state index in [-0.39, 0.29) is 11.4 Å². The first-order valence-electron chi connectivity index (χ1n) is 6.81. The number of hydrogen-bond acceptors (Lipinski definition) is 5. The van der Waals surface area contributed by atoms with Gasteiger partial charge in [0.15, 0.2) is 0 Å². The standard InChI is InChI=1S/C13H21N3O5/c1-3-5-15-7-10(16(20)21)6-11(15)12(19)14-13(4-2,8-17)9-18/h6-7,17-18H,3-5,8-9H2,1-2H3,(H,14,19). The van der Waals surface area contributed by atoms with Crippen LogP contribution >= 0.6 is 0 Å². The molecule has 0 saturated carbocycles. The molecule has 1 aromatic heterocycles. The van der Waals surface area contributed by atoms with Crippen molar-refractivity contribution in [1.82, 2.24) is 9.88 Å². The van der Waals surface area contributed by atoms with Crippen molar-refractivity contribution in [2.45, 2.75) is 38.8 Å². The summed E-state index contributed by atoms with van der Waals surface area (Å²) in [5.74, 6) is -0.554. The van der Waals surface area contributed by atoms with Crippen molar-refractivity contribution >= 4 is 11.6 Å². The minimum atomic E-state index is -1.13. The summed E-state index contributed by atoms with van der Waals surface area (Å²) in [6.07, 6.45) is 2.36. The van der Waals surface area contributed by atoms with E-state index in [4.69, 9.17) is 0 Å². The number of amides is 1. The molecule has 0 unspecified atom stereocenters. The zero-order valence-corrected chi connectivity index (χ0v) is 12.2. The van der Waals surface area contributed by atoms with Gasteiger partial charge in [-0.15, -0.1) is 0 Å². The van der Waals surface area contributed by atoms with Crippen LogP contribution in [0.3, 0.4) is 0 Å². The molecule has 1 amide bonds. The maximum Gasteiger partial charge on any atom is 0.287 e. The van der Waals surface area contributed by atoms with Crippen molar-refractivity contribution in [2.24, 2.45) is 0 Å². The third-order valence-electron chi connectivity index (χ3n) is 3.45. The largest absolute Gasteiger partial charge is 0.394 e. The second-order valence-electron chi connectivity index (χ2n) is 4.94. The van der Waals surface area contributed by atoms with Gasteiger partial charge >= 0.3 is 0 Å². The Morgan fingerprint density at radius 2 is 2.05 bits per heavy atom. The van der Waals surface area contributed by atoms with Crippen molar-refractivity contribution in [3.63, 3.8) is 0 Å². The molecule has 1 aromatic rings. The topological polar surface area (TPSA) is 118 Å². The molecule has 8 nitrogen and oxygen atoms in total. The highest BCUT2D eigenvalue weighted by Gasteiger charge is 2.30. The van der Waals surface area contributed by atoms with Gasteiger partial charge in [-0.05, 0) is 12.8 Å². The van der Waals surface area contributed by atoms with Gasteiger partial charge in [-0.25, -0.2) is 0 Å². The number of carbonyl (C=O) groups excluding carboxylic acids is 1. The van der Waals surface area contributed by atoms with Crippen LogP contribution in [0.25, 0.3) is 0 Å². The highest BCUT2D eigenvalue weighted by Crippen LogP contribution is 2.18. The molecule has 0 aliphatic carbocycles. The lowest BCUT2D eigenvalue weighted by Gasteiger charge is -2.29. The lowest BCUT2D eigenvalue weighted by Crippen LogP contribution is -2.54. The molecule has 0 aliphatic rings. The highest BCUT2D eigenvalue weighted by molar-refractivity contribution is 5.94. The number of aromatic nitrogens is 1. The van der Waals surface area contributed by atoms with E-state index in [0.29, 0.717) is 19.4 Å². The van der Waals surface area contributed by atoms with E-state index in [0.717, 1.165) is 0 Å². The van der Waals surface area contributed by atoms with Gasteiger partial charge in [0.05, 0.1) is 29.9 Å². The van der Waals surface area contributed by atoms with Crippen LogP contribution in [0.15, 0.2) is 12.3 Å². The van der Waals surface area contributed by atoms with E-state index in [2.05, 4.69) is 5.32 Å². The summed E-state index contributed by atoms with van der Waals surface area (Å²) in [6, 6.07) is 1.19. The predicted molar refractivity (Wildman–Crippen MR) is 76.0 cm³/mol. The van der Waals surface area contributed by atoms with Crippen LogP contribution in [0, 0.1) is 10.1 Å². The summed E-state index contributed by atoms with van der Waals surface area (Å²) in [7, 11) is 0. The molecule has 0 fully saturated rings. The predicted octanol–water partition coefficient (Wildman–Crippen LogP) is 0.669. The van der Waals surface area contributed by atoms with Crippen molar-refractivity contribution in [3.05, 3.63) is 28.1 Å². The fraction of sp³-hybridized carbons (Fsp3) is 0.615. The minimum Gasteiger partial charge on any atom is -0.394 e. The van der Waals surface area contributed by atoms with Crippen LogP contribution in [0.2, 0.25) is 0 Å². The lowest BCUT2D eigenvalue weighted by atomic mass is 9.98. The molecule has 0 spiro atoms. The molecule has 0 aromatic carbocycles. The zero-order valence-electron chi connectivity index (χ0n) is 12.2. The third kappa shape index (κ3) is 3.79. The Kier molecular flexibility index (Phi) is 5.86. The molecular weight excluding hydrogens is 278 g/mol. The van der Waals surface area contributed by atoms with E-state index in [1.165, 1.54) is 16.8 Å². The van der Waals surface area contributed by atoms with Crippen LogP contribution < -0.4 is 5.32 Å². The summed E-state index contributed by atoms with van der Waals surface area (Å²) < 4.78 is 1.50. The normalized spacial score (nSPS) is 11.4. The number of hydrogen-bond donors (Lipinski definition) is 3. The molecule has 21 heavy (non-hydrogen) atoms. The first-order valence-corrected chi connectivity index (χ1v) is 6.81. The number of aryl methyl sites for hydroxylation is 1. The van der Waals surface area contributed by atoms with Gasteiger partial charge in [0.25, 0.3) is 11.6 Å². The van der Waals surface area contributed by atoms with Crippen molar-refractivity contribution in [2.75, 3.05) is 13.2 Å². The van der Waals surface area contributed by atoms with Crippen molar-refractivity contribution in [1.29, 1.82) is 0 Å². The minimum absolute atomic E-state index is 0.142. The summed E-state index contributed by atoms with van der Waals surface area (Å²) in [5, 5.41) is 32.1. The number of aliphatic hydroxyl groups excluding tert-OH is 2. The van der Waals surface area contributed by atoms with Gasteiger partial charge in [0.1, 0.15) is 5.69 Å². The molecule has 118 valence electrons. The second-order valence-corrected chi connectivity index (χ2v) is 4.94. The molecule has 0 aliphatic heterocycles. The Labute approximate surface area is 122 Å². The molecule has 0 atom stereocenters. The zero-order chi connectivity index (χ0) is 16.0. The molecule has 1 heterocycles. The van der Waals surface area contributed by atoms with E-state index in [9.17, 15) is 25.1 Å². The number of nitrogens with zero attached hydrogens (tertiary/aromatic N) is 2. The number of aliphatic hydroxyl groups is 2. The molecule has 0 bridgehead atoms. The average Bonchev–Trinajstić information content (AvgIpc) is 2.89. The quantitative estimate of drug-likeness (QED) is 0.481. The lowest BCUT2D eigenvalue weighted by molar-refractivity contribution is -0.384. The summed E-state index contributed by atoms with van der Waals surface area (Å²) >= 11 is 0. The first-order chi connectivity index (χ1) is 9.92. The molecular formula is C13H21N3O5. The van der Waals surface area contributed by atoms with Gasteiger partial charge in [-0.1, -0.05) is 13.8 Å². The van der Waals surface area contributed by atoms with Crippen molar-refractivity contribution < 1.29 is 19.9 Å². The maximum atomic E-state index is 12.3. The Bertz CT molecular complexity index is 500. The number of nitrogens with one attached hydrogen (secondary N) is 1. The van der Waals surface area contributed by atoms with Gasteiger partial charge in [0.2, 0.25) is 0 Å². The van der Waals surface area contributed by atoms with E-state index < -0.39 is 29.6 Å². The van der Waals surface area contributed by atoms with E-state index >= 15 is 0 Å².